The Morgan fingerprint density at radius 1 is 1.10 bits per heavy atom. The van der Waals surface area contributed by atoms with Crippen LogP contribution >= 0.6 is 11.6 Å². The molecule has 20 heavy (non-hydrogen) atoms. The zero-order valence-corrected chi connectivity index (χ0v) is 12.6. The molecule has 0 atom stereocenters. The standard InChI is InChI=1S/C17H17ClO2/c1-11(2)12-4-6-13(7-5-12)17(19)15-9-8-14(18)10-16(15)20-3/h4-11H,1-3H3. The molecule has 0 aliphatic carbocycles. The van der Waals surface area contributed by atoms with Crippen LogP contribution in [0.4, 0.5) is 0 Å². The molecule has 0 heterocycles. The molecule has 0 fully saturated rings. The Hall–Kier alpha value is -1.80. The lowest BCUT2D eigenvalue weighted by Crippen LogP contribution is -2.04. The first-order valence-electron chi connectivity index (χ1n) is 6.51. The van der Waals surface area contributed by atoms with Crippen molar-refractivity contribution >= 4 is 17.4 Å². The molecule has 0 aliphatic rings. The van der Waals surface area contributed by atoms with Crippen molar-refractivity contribution in [2.24, 2.45) is 0 Å². The summed E-state index contributed by atoms with van der Waals surface area (Å²) in [5, 5.41) is 0.550. The van der Waals surface area contributed by atoms with Gasteiger partial charge in [0.2, 0.25) is 0 Å². The average Bonchev–Trinajstić information content (AvgIpc) is 2.46. The molecule has 0 spiro atoms. The van der Waals surface area contributed by atoms with Crippen LogP contribution in [0.3, 0.4) is 0 Å². The summed E-state index contributed by atoms with van der Waals surface area (Å²) in [5.74, 6) is 0.883. The molecule has 0 bridgehead atoms. The van der Waals surface area contributed by atoms with Crippen LogP contribution in [0, 0.1) is 0 Å². The van der Waals surface area contributed by atoms with Gasteiger partial charge >= 0.3 is 0 Å². The number of benzene rings is 2. The van der Waals surface area contributed by atoms with Crippen molar-refractivity contribution in [2.75, 3.05) is 7.11 Å². The van der Waals surface area contributed by atoms with E-state index in [1.54, 1.807) is 18.2 Å². The van der Waals surface area contributed by atoms with Crippen LogP contribution in [0.15, 0.2) is 42.5 Å². The van der Waals surface area contributed by atoms with E-state index in [0.717, 1.165) is 0 Å². The van der Waals surface area contributed by atoms with Gasteiger partial charge in [-0.3, -0.25) is 4.79 Å². The lowest BCUT2D eigenvalue weighted by Gasteiger charge is -2.09. The highest BCUT2D eigenvalue weighted by Gasteiger charge is 2.15. The van der Waals surface area contributed by atoms with E-state index in [-0.39, 0.29) is 5.78 Å². The van der Waals surface area contributed by atoms with Gasteiger partial charge in [-0.2, -0.15) is 0 Å². The van der Waals surface area contributed by atoms with E-state index in [2.05, 4.69) is 13.8 Å². The Labute approximate surface area is 124 Å². The van der Waals surface area contributed by atoms with Gasteiger partial charge in [0.1, 0.15) is 5.75 Å². The molecule has 2 aromatic carbocycles. The molecular weight excluding hydrogens is 272 g/mol. The predicted octanol–water partition coefficient (Wildman–Crippen LogP) is 4.70. The van der Waals surface area contributed by atoms with Gasteiger partial charge in [-0.15, -0.1) is 0 Å². The van der Waals surface area contributed by atoms with E-state index in [9.17, 15) is 4.79 Å². The van der Waals surface area contributed by atoms with E-state index >= 15 is 0 Å². The van der Waals surface area contributed by atoms with Crippen LogP contribution in [-0.4, -0.2) is 12.9 Å². The molecule has 0 amide bonds. The first kappa shape index (κ1) is 14.6. The van der Waals surface area contributed by atoms with Crippen molar-refractivity contribution in [3.8, 4) is 5.75 Å². The molecule has 0 saturated carbocycles. The number of halogens is 1. The van der Waals surface area contributed by atoms with Gasteiger partial charge in [0.15, 0.2) is 5.78 Å². The van der Waals surface area contributed by atoms with E-state index in [0.29, 0.717) is 27.8 Å². The number of hydrogen-bond acceptors (Lipinski definition) is 2. The Kier molecular flexibility index (Phi) is 4.46. The highest BCUT2D eigenvalue weighted by atomic mass is 35.5. The fraction of sp³-hybridized carbons (Fsp3) is 0.235. The van der Waals surface area contributed by atoms with Gasteiger partial charge in [0.05, 0.1) is 12.7 Å². The lowest BCUT2D eigenvalue weighted by atomic mass is 9.98. The van der Waals surface area contributed by atoms with Gasteiger partial charge in [-0.05, 0) is 29.7 Å². The fourth-order valence-electron chi connectivity index (χ4n) is 2.03. The largest absolute Gasteiger partial charge is 0.496 e. The third-order valence-corrected chi connectivity index (χ3v) is 3.48. The summed E-state index contributed by atoms with van der Waals surface area (Å²) in [6.45, 7) is 4.25. The summed E-state index contributed by atoms with van der Waals surface area (Å²) in [4.78, 5) is 12.5. The number of ether oxygens (including phenoxy) is 1. The minimum atomic E-state index is -0.0613. The van der Waals surface area contributed by atoms with Crippen molar-refractivity contribution < 1.29 is 9.53 Å². The van der Waals surface area contributed by atoms with E-state index in [1.165, 1.54) is 12.7 Å². The van der Waals surface area contributed by atoms with Crippen LogP contribution < -0.4 is 4.74 Å². The lowest BCUT2D eigenvalue weighted by molar-refractivity contribution is 0.103. The zero-order chi connectivity index (χ0) is 14.7. The van der Waals surface area contributed by atoms with Gasteiger partial charge in [0.25, 0.3) is 0 Å². The van der Waals surface area contributed by atoms with Crippen LogP contribution in [0.1, 0.15) is 41.3 Å². The van der Waals surface area contributed by atoms with E-state index in [4.69, 9.17) is 16.3 Å². The van der Waals surface area contributed by atoms with Crippen LogP contribution in [0.25, 0.3) is 0 Å². The second-order valence-corrected chi connectivity index (χ2v) is 5.39. The van der Waals surface area contributed by atoms with Crippen molar-refractivity contribution in [3.63, 3.8) is 0 Å². The number of carbonyl (C=O) groups excluding carboxylic acids is 1. The topological polar surface area (TPSA) is 26.3 Å². The first-order chi connectivity index (χ1) is 9.52. The van der Waals surface area contributed by atoms with Crippen LogP contribution in [0.5, 0.6) is 5.75 Å². The molecule has 0 aromatic heterocycles. The summed E-state index contributed by atoms with van der Waals surface area (Å²) in [5.41, 5.74) is 2.38. The van der Waals surface area contributed by atoms with Crippen molar-refractivity contribution in [1.29, 1.82) is 0 Å². The highest BCUT2D eigenvalue weighted by molar-refractivity contribution is 6.31. The maximum absolute atomic E-state index is 12.5. The van der Waals surface area contributed by atoms with E-state index in [1.807, 2.05) is 24.3 Å². The first-order valence-corrected chi connectivity index (χ1v) is 6.89. The van der Waals surface area contributed by atoms with Crippen LogP contribution in [0.2, 0.25) is 5.02 Å². The highest BCUT2D eigenvalue weighted by Crippen LogP contribution is 2.26. The number of methoxy groups -OCH3 is 1. The smallest absolute Gasteiger partial charge is 0.196 e. The normalized spacial score (nSPS) is 10.7. The Morgan fingerprint density at radius 2 is 1.75 bits per heavy atom. The average molecular weight is 289 g/mol. The summed E-state index contributed by atoms with van der Waals surface area (Å²) >= 11 is 5.91. The van der Waals surface area contributed by atoms with Gasteiger partial charge in [-0.25, -0.2) is 0 Å². The molecule has 2 rings (SSSR count). The third kappa shape index (κ3) is 3.02. The quantitative estimate of drug-likeness (QED) is 0.762. The summed E-state index contributed by atoms with van der Waals surface area (Å²) in [6.07, 6.45) is 0. The second-order valence-electron chi connectivity index (χ2n) is 4.95. The summed E-state index contributed by atoms with van der Waals surface area (Å²) in [6, 6.07) is 12.7. The summed E-state index contributed by atoms with van der Waals surface area (Å²) in [7, 11) is 1.53. The molecule has 0 radical (unpaired) electrons. The Bertz CT molecular complexity index is 615. The number of hydrogen-bond donors (Lipinski definition) is 0. The molecule has 2 nitrogen and oxygen atoms in total. The molecule has 0 saturated heterocycles. The maximum atomic E-state index is 12.5. The number of ketones is 1. The number of rotatable bonds is 4. The molecule has 0 N–H and O–H groups in total. The SMILES string of the molecule is COc1cc(Cl)ccc1C(=O)c1ccc(C(C)C)cc1. The third-order valence-electron chi connectivity index (χ3n) is 3.25. The minimum Gasteiger partial charge on any atom is -0.496 e. The molecule has 0 unspecified atom stereocenters. The molecule has 0 aliphatic heterocycles. The van der Waals surface area contributed by atoms with Crippen molar-refractivity contribution in [2.45, 2.75) is 19.8 Å². The second kappa shape index (κ2) is 6.10. The molecule has 3 heteroatoms. The fourth-order valence-corrected chi connectivity index (χ4v) is 2.19. The van der Waals surface area contributed by atoms with E-state index < -0.39 is 0 Å². The van der Waals surface area contributed by atoms with Gasteiger partial charge in [0, 0.05) is 10.6 Å². The van der Waals surface area contributed by atoms with Crippen LogP contribution in [-0.2, 0) is 0 Å². The predicted molar refractivity (Wildman–Crippen MR) is 82.0 cm³/mol. The van der Waals surface area contributed by atoms with Crippen molar-refractivity contribution in [3.05, 3.63) is 64.2 Å². The monoisotopic (exact) mass is 288 g/mol. The Morgan fingerprint density at radius 3 is 2.30 bits per heavy atom. The van der Waals surface area contributed by atoms with Gasteiger partial charge in [-0.1, -0.05) is 49.7 Å². The van der Waals surface area contributed by atoms with Crippen molar-refractivity contribution in [1.82, 2.24) is 0 Å². The zero-order valence-electron chi connectivity index (χ0n) is 11.8. The molecular formula is C17H17ClO2. The summed E-state index contributed by atoms with van der Waals surface area (Å²) < 4.78 is 5.23. The minimum absolute atomic E-state index is 0.0613. The van der Waals surface area contributed by atoms with Gasteiger partial charge < -0.3 is 4.74 Å². The molecule has 2 aromatic rings. The Balaban J connectivity index is 2.36. The number of carbonyl (C=O) groups is 1. The molecule has 104 valence electrons. The maximum Gasteiger partial charge on any atom is 0.196 e.